The van der Waals surface area contributed by atoms with E-state index in [1.165, 1.54) is 16.2 Å². The Bertz CT molecular complexity index is 1140. The van der Waals surface area contributed by atoms with Crippen LogP contribution in [0.1, 0.15) is 39.6 Å². The highest BCUT2D eigenvalue weighted by Gasteiger charge is 2.32. The molecule has 1 aromatic heterocycles. The largest absolute Gasteiger partial charge is 0.384 e. The van der Waals surface area contributed by atoms with Crippen molar-refractivity contribution in [1.29, 1.82) is 0 Å². The zero-order valence-electron chi connectivity index (χ0n) is 14.2. The van der Waals surface area contributed by atoms with E-state index in [1.54, 1.807) is 0 Å². The maximum atomic E-state index is 12.7. The molecule has 0 saturated carbocycles. The minimum absolute atomic E-state index is 0.0238. The summed E-state index contributed by atoms with van der Waals surface area (Å²) in [4.78, 5) is 36.6. The fourth-order valence-electron chi connectivity index (χ4n) is 3.56. The van der Waals surface area contributed by atoms with Crippen molar-refractivity contribution in [3.8, 4) is 5.69 Å². The van der Waals surface area contributed by atoms with Crippen LogP contribution in [0.4, 0.5) is 5.82 Å². The van der Waals surface area contributed by atoms with Crippen LogP contribution in [0.25, 0.3) is 16.5 Å². The number of hydrogen-bond donors (Lipinski definition) is 2. The van der Waals surface area contributed by atoms with Crippen molar-refractivity contribution < 1.29 is 9.59 Å². The molecular formula is C20H17N3O3. The Kier molecular flexibility index (Phi) is 3.61. The third-order valence-electron chi connectivity index (χ3n) is 4.70. The Hall–Kier alpha value is -3.41. The van der Waals surface area contributed by atoms with E-state index in [4.69, 9.17) is 5.73 Å². The molecular weight excluding hydrogens is 330 g/mol. The number of aryl methyl sites for hydroxylation is 1. The number of hydrogen-bond acceptors (Lipinski definition) is 4. The first-order valence-electron chi connectivity index (χ1n) is 8.45. The highest BCUT2D eigenvalue weighted by Crippen LogP contribution is 2.29. The third-order valence-corrected chi connectivity index (χ3v) is 4.70. The summed E-state index contributed by atoms with van der Waals surface area (Å²) in [7, 11) is 0. The average Bonchev–Trinajstić information content (AvgIpc) is 2.90. The monoisotopic (exact) mass is 347 g/mol. The van der Waals surface area contributed by atoms with Crippen LogP contribution in [0.3, 0.4) is 0 Å². The molecule has 130 valence electrons. The molecule has 0 aliphatic carbocycles. The summed E-state index contributed by atoms with van der Waals surface area (Å²) in [6.07, 6.45) is 1.93. The zero-order chi connectivity index (χ0) is 18.4. The quantitative estimate of drug-likeness (QED) is 0.712. The lowest BCUT2D eigenvalue weighted by Crippen LogP contribution is -2.24. The maximum absolute atomic E-state index is 12.7. The maximum Gasteiger partial charge on any atom is 0.262 e. The lowest BCUT2D eigenvalue weighted by molar-refractivity contribution is 0.0880. The fourth-order valence-corrected chi connectivity index (χ4v) is 3.56. The van der Waals surface area contributed by atoms with Crippen molar-refractivity contribution in [2.24, 2.45) is 0 Å². The van der Waals surface area contributed by atoms with E-state index in [2.05, 4.69) is 12.2 Å². The molecule has 0 unspecified atom stereocenters. The molecule has 6 nitrogen and oxygen atoms in total. The molecule has 0 saturated heterocycles. The number of pyridine rings is 1. The number of carbonyl (C=O) groups excluding carboxylic acids is 2. The molecule has 1 aliphatic rings. The van der Waals surface area contributed by atoms with E-state index < -0.39 is 17.4 Å². The molecule has 1 aliphatic heterocycles. The predicted octanol–water partition coefficient (Wildman–Crippen LogP) is 2.41. The normalized spacial score (nSPS) is 13.1. The first-order chi connectivity index (χ1) is 12.5. The topological polar surface area (TPSA) is 94.2 Å². The van der Waals surface area contributed by atoms with Crippen LogP contribution in [-0.4, -0.2) is 16.4 Å². The van der Waals surface area contributed by atoms with E-state index in [-0.39, 0.29) is 16.9 Å². The van der Waals surface area contributed by atoms with Gasteiger partial charge in [0.15, 0.2) is 0 Å². The van der Waals surface area contributed by atoms with Crippen molar-refractivity contribution in [3.05, 3.63) is 69.5 Å². The molecule has 3 N–H and O–H groups in total. The Morgan fingerprint density at radius 1 is 1.00 bits per heavy atom. The van der Waals surface area contributed by atoms with Gasteiger partial charge in [0.1, 0.15) is 5.82 Å². The summed E-state index contributed by atoms with van der Waals surface area (Å²) in [6, 6.07) is 12.8. The fraction of sp³-hybridized carbons (Fsp3) is 0.150. The van der Waals surface area contributed by atoms with Gasteiger partial charge < -0.3 is 5.73 Å². The molecule has 26 heavy (non-hydrogen) atoms. The first-order valence-corrected chi connectivity index (χ1v) is 8.45. The standard InChI is InChI=1S/C20H17N3O3/c1-2-5-11-8-9-15(13-7-4-3-6-12(11)13)23-16(24)10-14-17(18(23)21)20(26)22-19(14)25/h3-4,6-10H,2,5,21H2,1H3,(H,22,25,26). The highest BCUT2D eigenvalue weighted by atomic mass is 16.2. The summed E-state index contributed by atoms with van der Waals surface area (Å²) in [5.74, 6) is -1.20. The zero-order valence-corrected chi connectivity index (χ0v) is 14.2. The van der Waals surface area contributed by atoms with Gasteiger partial charge in [-0.05, 0) is 23.4 Å². The van der Waals surface area contributed by atoms with Crippen LogP contribution in [0.15, 0.2) is 47.3 Å². The Morgan fingerprint density at radius 3 is 2.46 bits per heavy atom. The summed E-state index contributed by atoms with van der Waals surface area (Å²) in [5, 5.41) is 4.09. The van der Waals surface area contributed by atoms with Crippen molar-refractivity contribution >= 4 is 28.4 Å². The second kappa shape index (κ2) is 5.84. The molecule has 3 aromatic rings. The Morgan fingerprint density at radius 2 is 1.73 bits per heavy atom. The smallest absolute Gasteiger partial charge is 0.262 e. The van der Waals surface area contributed by atoms with Crippen LogP contribution in [0.2, 0.25) is 0 Å². The number of amides is 2. The van der Waals surface area contributed by atoms with Crippen molar-refractivity contribution in [2.75, 3.05) is 5.73 Å². The van der Waals surface area contributed by atoms with Crippen LogP contribution < -0.4 is 16.6 Å². The minimum Gasteiger partial charge on any atom is -0.384 e. The molecule has 6 heteroatoms. The van der Waals surface area contributed by atoms with Gasteiger partial charge in [-0.2, -0.15) is 0 Å². The van der Waals surface area contributed by atoms with Crippen molar-refractivity contribution in [3.63, 3.8) is 0 Å². The number of rotatable bonds is 3. The van der Waals surface area contributed by atoms with E-state index in [9.17, 15) is 14.4 Å². The number of nitrogens with one attached hydrogen (secondary N) is 1. The summed E-state index contributed by atoms with van der Waals surface area (Å²) >= 11 is 0. The van der Waals surface area contributed by atoms with Gasteiger partial charge in [-0.25, -0.2) is 0 Å². The number of aromatic nitrogens is 1. The van der Waals surface area contributed by atoms with Gasteiger partial charge in [0, 0.05) is 11.5 Å². The summed E-state index contributed by atoms with van der Waals surface area (Å²) in [6.45, 7) is 2.11. The van der Waals surface area contributed by atoms with Gasteiger partial charge in [0.2, 0.25) is 0 Å². The first kappa shape index (κ1) is 16.1. The molecule has 0 fully saturated rings. The minimum atomic E-state index is -0.593. The SMILES string of the molecule is CCCc1ccc(-n2c(N)c3c(cc2=O)C(=O)NC3=O)c2ccccc12. The molecule has 0 spiro atoms. The molecule has 0 bridgehead atoms. The summed E-state index contributed by atoms with van der Waals surface area (Å²) < 4.78 is 1.30. The van der Waals surface area contributed by atoms with Crippen LogP contribution in [0, 0.1) is 0 Å². The van der Waals surface area contributed by atoms with Crippen LogP contribution in [-0.2, 0) is 6.42 Å². The average molecular weight is 347 g/mol. The van der Waals surface area contributed by atoms with Gasteiger partial charge in [0.25, 0.3) is 17.4 Å². The van der Waals surface area contributed by atoms with Gasteiger partial charge in [0.05, 0.1) is 16.8 Å². The van der Waals surface area contributed by atoms with E-state index in [1.807, 2.05) is 36.4 Å². The molecule has 2 amide bonds. The van der Waals surface area contributed by atoms with Crippen molar-refractivity contribution in [2.45, 2.75) is 19.8 Å². The molecule has 0 radical (unpaired) electrons. The lowest BCUT2D eigenvalue weighted by Gasteiger charge is -2.16. The molecule has 2 heterocycles. The predicted molar refractivity (Wildman–Crippen MR) is 99.7 cm³/mol. The molecule has 0 atom stereocenters. The van der Waals surface area contributed by atoms with E-state index in [0.29, 0.717) is 5.69 Å². The highest BCUT2D eigenvalue weighted by molar-refractivity contribution is 6.23. The number of nitrogens with two attached hydrogens (primary N) is 1. The number of nitrogens with zero attached hydrogens (tertiary/aromatic N) is 1. The van der Waals surface area contributed by atoms with Gasteiger partial charge in [-0.3, -0.25) is 24.3 Å². The number of fused-ring (bicyclic) bond motifs is 2. The van der Waals surface area contributed by atoms with Crippen molar-refractivity contribution in [1.82, 2.24) is 9.88 Å². The van der Waals surface area contributed by atoms with E-state index >= 15 is 0 Å². The lowest BCUT2D eigenvalue weighted by atomic mass is 9.99. The molecule has 2 aromatic carbocycles. The molecule has 4 rings (SSSR count). The van der Waals surface area contributed by atoms with Gasteiger partial charge >= 0.3 is 0 Å². The third kappa shape index (κ3) is 2.23. The number of nitrogen functional groups attached to an aromatic ring is 1. The Balaban J connectivity index is 2.05. The number of benzene rings is 2. The van der Waals surface area contributed by atoms with Gasteiger partial charge in [-0.1, -0.05) is 43.7 Å². The summed E-state index contributed by atoms with van der Waals surface area (Å²) in [5.41, 5.74) is 7.58. The van der Waals surface area contributed by atoms with E-state index in [0.717, 1.165) is 23.6 Å². The second-order valence-corrected chi connectivity index (χ2v) is 6.31. The van der Waals surface area contributed by atoms with Gasteiger partial charge in [-0.15, -0.1) is 0 Å². The van der Waals surface area contributed by atoms with Crippen LogP contribution in [0.5, 0.6) is 0 Å². The Labute approximate surface area is 149 Å². The number of anilines is 1. The van der Waals surface area contributed by atoms with Crippen LogP contribution >= 0.6 is 0 Å². The number of carbonyl (C=O) groups is 2. The number of imide groups is 1. The second-order valence-electron chi connectivity index (χ2n) is 6.31.